The number of allylic oxidation sites excluding steroid dienone is 1. The topological polar surface area (TPSA) is 74.7 Å². The summed E-state index contributed by atoms with van der Waals surface area (Å²) in [6.07, 6.45) is 5.44. The van der Waals surface area contributed by atoms with Crippen LogP contribution in [0.15, 0.2) is 28.9 Å². The maximum absolute atomic E-state index is 13.7. The quantitative estimate of drug-likeness (QED) is 0.574. The van der Waals surface area contributed by atoms with Gasteiger partial charge in [0.25, 0.3) is 0 Å². The predicted octanol–water partition coefficient (Wildman–Crippen LogP) is 4.05. The Kier molecular flexibility index (Phi) is 7.10. The van der Waals surface area contributed by atoms with E-state index >= 15 is 0 Å². The van der Waals surface area contributed by atoms with Crippen molar-refractivity contribution in [1.82, 2.24) is 14.7 Å². The molecule has 1 spiro atoms. The molecule has 0 bridgehead atoms. The number of amides is 3. The van der Waals surface area contributed by atoms with Crippen molar-refractivity contribution in [3.8, 4) is 11.5 Å². The van der Waals surface area contributed by atoms with Gasteiger partial charge in [0.2, 0.25) is 5.91 Å². The smallest absolute Gasteiger partial charge is 0.325 e. The fraction of sp³-hybridized carbons (Fsp3) is 0.593. The zero-order valence-electron chi connectivity index (χ0n) is 21.8. The Morgan fingerprint density at radius 2 is 1.94 bits per heavy atom. The number of piperidine rings is 1. The molecule has 2 saturated heterocycles. The van der Waals surface area contributed by atoms with Crippen molar-refractivity contribution in [3.05, 3.63) is 35.0 Å². The summed E-state index contributed by atoms with van der Waals surface area (Å²) in [6, 6.07) is 3.96. The number of ether oxygens (including phenoxy) is 2. The third kappa shape index (κ3) is 4.17. The van der Waals surface area contributed by atoms with E-state index in [-0.39, 0.29) is 23.8 Å². The van der Waals surface area contributed by atoms with E-state index in [0.717, 1.165) is 41.2 Å². The molecule has 1 aromatic carbocycles. The van der Waals surface area contributed by atoms with Crippen molar-refractivity contribution < 1.29 is 19.1 Å². The monoisotopic (exact) mass is 482 g/mol. The summed E-state index contributed by atoms with van der Waals surface area (Å²) < 4.78 is 11.2. The van der Waals surface area contributed by atoms with Gasteiger partial charge in [0.15, 0.2) is 0 Å². The summed E-state index contributed by atoms with van der Waals surface area (Å²) in [5.74, 6) is 1.44. The highest BCUT2D eigenvalue weighted by atomic mass is 16.5. The summed E-state index contributed by atoms with van der Waals surface area (Å²) in [7, 11) is 3.31. The van der Waals surface area contributed by atoms with Gasteiger partial charge in [-0.25, -0.2) is 4.79 Å². The van der Waals surface area contributed by atoms with Gasteiger partial charge in [-0.1, -0.05) is 13.0 Å². The molecule has 8 nitrogen and oxygen atoms in total. The molecule has 2 unspecified atom stereocenters. The van der Waals surface area contributed by atoms with Gasteiger partial charge >= 0.3 is 6.03 Å². The molecule has 2 fully saturated rings. The van der Waals surface area contributed by atoms with E-state index in [1.165, 1.54) is 0 Å². The predicted molar refractivity (Wildman–Crippen MR) is 136 cm³/mol. The standard InChI is InChI=1S/C27H38N4O4/c1-7-28-16-19(4)25(32)29-11-9-27(10-12-29)23-13-18(3)24-20(14-21(34-5)15-22(24)35-6)17-30(23)26(33)31(27)8-2/h13-16,18-19H,7-12,17H2,1-6H3. The highest BCUT2D eigenvalue weighted by Gasteiger charge is 2.55. The van der Waals surface area contributed by atoms with Crippen LogP contribution >= 0.6 is 0 Å². The van der Waals surface area contributed by atoms with E-state index in [0.29, 0.717) is 32.7 Å². The maximum Gasteiger partial charge on any atom is 0.325 e. The number of carbonyl (C=O) groups is 2. The summed E-state index contributed by atoms with van der Waals surface area (Å²) >= 11 is 0. The minimum absolute atomic E-state index is 0.0313. The molecule has 3 aliphatic rings. The van der Waals surface area contributed by atoms with E-state index < -0.39 is 5.54 Å². The van der Waals surface area contributed by atoms with E-state index in [2.05, 4.69) is 18.0 Å². The Morgan fingerprint density at radius 3 is 2.54 bits per heavy atom. The molecule has 0 saturated carbocycles. The van der Waals surface area contributed by atoms with Gasteiger partial charge in [-0.3, -0.25) is 14.7 Å². The van der Waals surface area contributed by atoms with Gasteiger partial charge in [-0.2, -0.15) is 0 Å². The van der Waals surface area contributed by atoms with Crippen LogP contribution in [-0.4, -0.2) is 78.8 Å². The lowest BCUT2D eigenvalue weighted by atomic mass is 9.81. The molecule has 8 heteroatoms. The van der Waals surface area contributed by atoms with Crippen molar-refractivity contribution in [1.29, 1.82) is 0 Å². The number of benzene rings is 1. The number of hydrogen-bond acceptors (Lipinski definition) is 5. The number of likely N-dealkylation sites (N-methyl/N-ethyl adjacent to an activating group) is 1. The number of fused-ring (bicyclic) bond motifs is 3. The fourth-order valence-corrected chi connectivity index (χ4v) is 5.98. The summed E-state index contributed by atoms with van der Waals surface area (Å²) in [5, 5.41) is 0. The minimum Gasteiger partial charge on any atom is -0.497 e. The van der Waals surface area contributed by atoms with Crippen LogP contribution in [0.4, 0.5) is 4.79 Å². The second kappa shape index (κ2) is 9.91. The second-order valence-corrected chi connectivity index (χ2v) is 9.65. The second-order valence-electron chi connectivity index (χ2n) is 9.65. The number of nitrogens with zero attached hydrogens (tertiary/aromatic N) is 4. The Morgan fingerprint density at radius 1 is 1.23 bits per heavy atom. The number of likely N-dealkylation sites (tertiary alicyclic amines) is 1. The number of hydrogen-bond donors (Lipinski definition) is 0. The Bertz CT molecular complexity index is 1040. The van der Waals surface area contributed by atoms with Crippen molar-refractivity contribution in [2.24, 2.45) is 10.9 Å². The van der Waals surface area contributed by atoms with E-state index in [4.69, 9.17) is 9.47 Å². The molecule has 3 amide bonds. The zero-order valence-corrected chi connectivity index (χ0v) is 21.8. The van der Waals surface area contributed by atoms with Crippen molar-refractivity contribution in [2.75, 3.05) is 40.4 Å². The molecule has 0 radical (unpaired) electrons. The van der Waals surface area contributed by atoms with Gasteiger partial charge in [0.1, 0.15) is 11.5 Å². The molecule has 0 N–H and O–H groups in total. The number of urea groups is 1. The van der Waals surface area contributed by atoms with Crippen LogP contribution in [-0.2, 0) is 11.3 Å². The van der Waals surface area contributed by atoms with Crippen molar-refractivity contribution in [3.63, 3.8) is 0 Å². The highest BCUT2D eigenvalue weighted by Crippen LogP contribution is 2.49. The first-order chi connectivity index (χ1) is 16.8. The Hall–Kier alpha value is -3.03. The normalized spacial score (nSPS) is 22.1. The highest BCUT2D eigenvalue weighted by molar-refractivity contribution is 5.93. The zero-order chi connectivity index (χ0) is 25.3. The van der Waals surface area contributed by atoms with Crippen LogP contribution in [0.2, 0.25) is 0 Å². The van der Waals surface area contributed by atoms with E-state index in [1.807, 2.05) is 47.6 Å². The van der Waals surface area contributed by atoms with Gasteiger partial charge in [0.05, 0.1) is 32.2 Å². The first kappa shape index (κ1) is 25.1. The number of aliphatic imine (C=N–C) groups is 1. The summed E-state index contributed by atoms with van der Waals surface area (Å²) in [4.78, 5) is 36.8. The molecular formula is C27H38N4O4. The molecule has 3 aliphatic heterocycles. The van der Waals surface area contributed by atoms with Crippen LogP contribution in [0.25, 0.3) is 0 Å². The van der Waals surface area contributed by atoms with Gasteiger partial charge in [-0.15, -0.1) is 0 Å². The van der Waals surface area contributed by atoms with Crippen LogP contribution in [0.5, 0.6) is 11.5 Å². The first-order valence-corrected chi connectivity index (χ1v) is 12.7. The average Bonchev–Trinajstić information content (AvgIpc) is 2.97. The van der Waals surface area contributed by atoms with Crippen LogP contribution < -0.4 is 9.47 Å². The van der Waals surface area contributed by atoms with Crippen molar-refractivity contribution >= 4 is 18.2 Å². The summed E-state index contributed by atoms with van der Waals surface area (Å²) in [6.45, 7) is 11.1. The van der Waals surface area contributed by atoms with Crippen LogP contribution in [0.1, 0.15) is 57.6 Å². The van der Waals surface area contributed by atoms with Crippen LogP contribution in [0.3, 0.4) is 0 Å². The van der Waals surface area contributed by atoms with E-state index in [9.17, 15) is 9.59 Å². The SMILES string of the molecule is CCN=CC(C)C(=O)N1CCC2(CC1)C1=CC(C)c3c(cc(OC)cc3OC)CN1C(=O)N2CC. The molecule has 2 atom stereocenters. The molecular weight excluding hydrogens is 444 g/mol. The number of methoxy groups -OCH3 is 2. The molecule has 3 heterocycles. The molecule has 1 aromatic rings. The Balaban J connectivity index is 1.67. The van der Waals surface area contributed by atoms with Crippen LogP contribution in [0, 0.1) is 5.92 Å². The number of rotatable bonds is 6. The number of carbonyl (C=O) groups excluding carboxylic acids is 2. The Labute approximate surface area is 208 Å². The van der Waals surface area contributed by atoms with Gasteiger partial charge in [0, 0.05) is 55.6 Å². The lowest BCUT2D eigenvalue weighted by Gasteiger charge is -2.44. The first-order valence-electron chi connectivity index (χ1n) is 12.7. The van der Waals surface area contributed by atoms with Crippen molar-refractivity contribution in [2.45, 2.75) is 58.5 Å². The molecule has 190 valence electrons. The lowest BCUT2D eigenvalue weighted by Crippen LogP contribution is -2.55. The fourth-order valence-electron chi connectivity index (χ4n) is 5.98. The van der Waals surface area contributed by atoms with E-state index in [1.54, 1.807) is 20.4 Å². The largest absolute Gasteiger partial charge is 0.497 e. The third-order valence-corrected chi connectivity index (χ3v) is 7.71. The molecule has 0 aliphatic carbocycles. The lowest BCUT2D eigenvalue weighted by molar-refractivity contribution is -0.134. The molecule has 35 heavy (non-hydrogen) atoms. The summed E-state index contributed by atoms with van der Waals surface area (Å²) in [5.41, 5.74) is 2.79. The third-order valence-electron chi connectivity index (χ3n) is 7.71. The average molecular weight is 483 g/mol. The molecule has 0 aromatic heterocycles. The van der Waals surface area contributed by atoms with Gasteiger partial charge in [-0.05, 0) is 45.2 Å². The molecule has 4 rings (SSSR count). The minimum atomic E-state index is -0.406. The van der Waals surface area contributed by atoms with Gasteiger partial charge < -0.3 is 19.3 Å². The maximum atomic E-state index is 13.7.